The molecule has 1 amide bonds. The molecule has 0 aliphatic rings. The molecule has 1 aromatic carbocycles. The lowest BCUT2D eigenvalue weighted by Gasteiger charge is -2.09. The SMILES string of the molecule is COc1ccc(N)c(C(=O)Nc2ccc(F)nc2)c1. The molecule has 1 aromatic heterocycles. The van der Waals surface area contributed by atoms with E-state index in [0.29, 0.717) is 17.1 Å². The number of carbonyl (C=O) groups is 1. The summed E-state index contributed by atoms with van der Waals surface area (Å²) in [5.74, 6) is -0.500. The van der Waals surface area contributed by atoms with Crippen molar-refractivity contribution in [2.75, 3.05) is 18.2 Å². The minimum Gasteiger partial charge on any atom is -0.497 e. The number of aromatic nitrogens is 1. The van der Waals surface area contributed by atoms with Gasteiger partial charge in [-0.15, -0.1) is 0 Å². The summed E-state index contributed by atoms with van der Waals surface area (Å²) >= 11 is 0. The van der Waals surface area contributed by atoms with E-state index in [9.17, 15) is 9.18 Å². The second kappa shape index (κ2) is 5.34. The average Bonchev–Trinajstić information content (AvgIpc) is 2.42. The van der Waals surface area contributed by atoms with E-state index in [1.165, 1.54) is 25.4 Å². The number of nitrogens with zero attached hydrogens (tertiary/aromatic N) is 1. The number of nitrogen functional groups attached to an aromatic ring is 1. The summed E-state index contributed by atoms with van der Waals surface area (Å²) in [6.45, 7) is 0. The maximum absolute atomic E-state index is 12.6. The molecule has 0 fully saturated rings. The van der Waals surface area contributed by atoms with Gasteiger partial charge in [-0.25, -0.2) is 4.98 Å². The van der Waals surface area contributed by atoms with Gasteiger partial charge in [-0.3, -0.25) is 4.79 Å². The molecule has 98 valence electrons. The monoisotopic (exact) mass is 261 g/mol. The zero-order chi connectivity index (χ0) is 13.8. The molecule has 1 heterocycles. The predicted molar refractivity (Wildman–Crippen MR) is 69.6 cm³/mol. The lowest BCUT2D eigenvalue weighted by molar-refractivity contribution is 0.102. The van der Waals surface area contributed by atoms with Crippen LogP contribution in [-0.2, 0) is 0 Å². The molecule has 0 saturated carbocycles. The van der Waals surface area contributed by atoms with E-state index in [1.54, 1.807) is 12.1 Å². The second-order valence-corrected chi connectivity index (χ2v) is 3.78. The summed E-state index contributed by atoms with van der Waals surface area (Å²) < 4.78 is 17.7. The van der Waals surface area contributed by atoms with E-state index in [4.69, 9.17) is 10.5 Å². The molecule has 19 heavy (non-hydrogen) atoms. The molecule has 0 radical (unpaired) electrons. The molecule has 0 spiro atoms. The van der Waals surface area contributed by atoms with Gasteiger partial charge in [-0.2, -0.15) is 4.39 Å². The second-order valence-electron chi connectivity index (χ2n) is 3.78. The zero-order valence-corrected chi connectivity index (χ0v) is 10.2. The molecule has 0 unspecified atom stereocenters. The lowest BCUT2D eigenvalue weighted by atomic mass is 10.1. The normalized spacial score (nSPS) is 10.0. The number of halogens is 1. The molecule has 5 nitrogen and oxygen atoms in total. The van der Waals surface area contributed by atoms with Crippen molar-refractivity contribution in [3.05, 3.63) is 48.0 Å². The van der Waals surface area contributed by atoms with Crippen molar-refractivity contribution < 1.29 is 13.9 Å². The third kappa shape index (κ3) is 2.98. The number of anilines is 2. The van der Waals surface area contributed by atoms with Crippen molar-refractivity contribution >= 4 is 17.3 Å². The van der Waals surface area contributed by atoms with Gasteiger partial charge in [0.1, 0.15) is 5.75 Å². The summed E-state index contributed by atoms with van der Waals surface area (Å²) in [5, 5.41) is 2.57. The van der Waals surface area contributed by atoms with E-state index in [1.807, 2.05) is 0 Å². The van der Waals surface area contributed by atoms with Crippen LogP contribution < -0.4 is 15.8 Å². The van der Waals surface area contributed by atoms with E-state index >= 15 is 0 Å². The number of hydrogen-bond acceptors (Lipinski definition) is 4. The van der Waals surface area contributed by atoms with Gasteiger partial charge in [0.25, 0.3) is 5.91 Å². The Morgan fingerprint density at radius 1 is 1.37 bits per heavy atom. The largest absolute Gasteiger partial charge is 0.497 e. The molecule has 3 N–H and O–H groups in total. The molecule has 0 atom stereocenters. The van der Waals surface area contributed by atoms with Crippen LogP contribution in [-0.4, -0.2) is 18.0 Å². The Hall–Kier alpha value is -2.63. The topological polar surface area (TPSA) is 77.2 Å². The first-order valence-corrected chi connectivity index (χ1v) is 5.46. The number of benzene rings is 1. The number of pyridine rings is 1. The van der Waals surface area contributed by atoms with E-state index in [2.05, 4.69) is 10.3 Å². The molecule has 0 aliphatic carbocycles. The minimum absolute atomic E-state index is 0.281. The summed E-state index contributed by atoms with van der Waals surface area (Å²) in [7, 11) is 1.50. The van der Waals surface area contributed by atoms with Crippen molar-refractivity contribution in [3.63, 3.8) is 0 Å². The summed E-state index contributed by atoms with van der Waals surface area (Å²) in [5.41, 5.74) is 6.72. The van der Waals surface area contributed by atoms with Crippen LogP contribution in [0.15, 0.2) is 36.5 Å². The summed E-state index contributed by atoms with van der Waals surface area (Å²) in [6.07, 6.45) is 1.23. The number of ether oxygens (including phenoxy) is 1. The van der Waals surface area contributed by atoms with E-state index < -0.39 is 11.9 Å². The van der Waals surface area contributed by atoms with Crippen LogP contribution in [0.5, 0.6) is 5.75 Å². The van der Waals surface area contributed by atoms with Gasteiger partial charge < -0.3 is 15.8 Å². The van der Waals surface area contributed by atoms with Crippen LogP contribution in [0.2, 0.25) is 0 Å². The molecule has 6 heteroatoms. The minimum atomic E-state index is -0.612. The van der Waals surface area contributed by atoms with Crippen LogP contribution >= 0.6 is 0 Å². The summed E-state index contributed by atoms with van der Waals surface area (Å²) in [6, 6.07) is 7.34. The maximum Gasteiger partial charge on any atom is 0.257 e. The number of methoxy groups -OCH3 is 1. The number of nitrogens with one attached hydrogen (secondary N) is 1. The maximum atomic E-state index is 12.6. The highest BCUT2D eigenvalue weighted by Gasteiger charge is 2.11. The number of rotatable bonds is 3. The fourth-order valence-corrected chi connectivity index (χ4v) is 1.51. The Morgan fingerprint density at radius 3 is 2.79 bits per heavy atom. The van der Waals surface area contributed by atoms with Gasteiger partial charge in [-0.1, -0.05) is 0 Å². The van der Waals surface area contributed by atoms with Gasteiger partial charge in [0.15, 0.2) is 0 Å². The first-order chi connectivity index (χ1) is 9.10. The highest BCUT2D eigenvalue weighted by atomic mass is 19.1. The third-order valence-electron chi connectivity index (χ3n) is 2.49. The molecular formula is C13H12FN3O2. The first kappa shape index (κ1) is 12.8. The van der Waals surface area contributed by atoms with Crippen molar-refractivity contribution in [3.8, 4) is 5.75 Å². The van der Waals surface area contributed by atoms with Crippen molar-refractivity contribution in [1.82, 2.24) is 4.98 Å². The van der Waals surface area contributed by atoms with E-state index in [-0.39, 0.29) is 5.56 Å². The highest BCUT2D eigenvalue weighted by molar-refractivity contribution is 6.07. The zero-order valence-electron chi connectivity index (χ0n) is 10.2. The van der Waals surface area contributed by atoms with Crippen molar-refractivity contribution in [2.24, 2.45) is 0 Å². The molecule has 0 aliphatic heterocycles. The van der Waals surface area contributed by atoms with E-state index in [0.717, 1.165) is 6.07 Å². The summed E-state index contributed by atoms with van der Waals surface area (Å²) in [4.78, 5) is 15.5. The van der Waals surface area contributed by atoms with Gasteiger partial charge in [0, 0.05) is 5.69 Å². The van der Waals surface area contributed by atoms with Crippen LogP contribution in [0.4, 0.5) is 15.8 Å². The van der Waals surface area contributed by atoms with Gasteiger partial charge in [0.2, 0.25) is 5.95 Å². The van der Waals surface area contributed by atoms with Gasteiger partial charge in [0.05, 0.1) is 24.6 Å². The fraction of sp³-hybridized carbons (Fsp3) is 0.0769. The van der Waals surface area contributed by atoms with Crippen LogP contribution in [0.3, 0.4) is 0 Å². The number of nitrogens with two attached hydrogens (primary N) is 1. The van der Waals surface area contributed by atoms with Gasteiger partial charge in [-0.05, 0) is 30.3 Å². The predicted octanol–water partition coefficient (Wildman–Crippen LogP) is 2.06. The number of hydrogen-bond donors (Lipinski definition) is 2. The standard InChI is InChI=1S/C13H12FN3O2/c1-19-9-3-4-11(15)10(6-9)13(18)17-8-2-5-12(14)16-7-8/h2-7H,15H2,1H3,(H,17,18). The van der Waals surface area contributed by atoms with Crippen molar-refractivity contribution in [1.29, 1.82) is 0 Å². The van der Waals surface area contributed by atoms with Crippen LogP contribution in [0.25, 0.3) is 0 Å². The molecule has 0 saturated heterocycles. The smallest absolute Gasteiger partial charge is 0.257 e. The van der Waals surface area contributed by atoms with Crippen molar-refractivity contribution in [2.45, 2.75) is 0 Å². The molecule has 2 aromatic rings. The highest BCUT2D eigenvalue weighted by Crippen LogP contribution is 2.20. The van der Waals surface area contributed by atoms with Crippen LogP contribution in [0.1, 0.15) is 10.4 Å². The molecular weight excluding hydrogens is 249 g/mol. The lowest BCUT2D eigenvalue weighted by Crippen LogP contribution is -2.14. The fourth-order valence-electron chi connectivity index (χ4n) is 1.51. The quantitative estimate of drug-likeness (QED) is 0.655. The van der Waals surface area contributed by atoms with Gasteiger partial charge >= 0.3 is 0 Å². The number of amides is 1. The number of carbonyl (C=O) groups excluding carboxylic acids is 1. The molecule has 2 rings (SSSR count). The first-order valence-electron chi connectivity index (χ1n) is 5.46. The Labute approximate surface area is 109 Å². The Bertz CT molecular complexity index is 599. The Balaban J connectivity index is 2.22. The Morgan fingerprint density at radius 2 is 2.16 bits per heavy atom. The average molecular weight is 261 g/mol. The Kier molecular flexibility index (Phi) is 3.61. The molecule has 0 bridgehead atoms. The van der Waals surface area contributed by atoms with Crippen LogP contribution in [0, 0.1) is 5.95 Å². The third-order valence-corrected chi connectivity index (χ3v) is 2.49.